The third kappa shape index (κ3) is 3.39. The fraction of sp³-hybridized carbons (Fsp3) is 0.429. The maximum absolute atomic E-state index is 4.98. The minimum atomic E-state index is 0.700. The molecule has 0 aliphatic rings. The highest BCUT2D eigenvalue weighted by atomic mass is 16.5. The number of aryl methyl sites for hydroxylation is 1. The van der Waals surface area contributed by atoms with Crippen molar-refractivity contribution in [3.8, 4) is 5.69 Å². The summed E-state index contributed by atoms with van der Waals surface area (Å²) in [5.74, 6) is 0. The van der Waals surface area contributed by atoms with E-state index in [0.717, 1.165) is 17.9 Å². The van der Waals surface area contributed by atoms with Gasteiger partial charge in [-0.25, -0.2) is 4.68 Å². The molecule has 5 nitrogen and oxygen atoms in total. The molecular formula is C14H20N4O. The molecule has 0 fully saturated rings. The summed E-state index contributed by atoms with van der Waals surface area (Å²) in [5, 5.41) is 11.6. The summed E-state index contributed by atoms with van der Waals surface area (Å²) in [5.41, 5.74) is 4.49. The summed E-state index contributed by atoms with van der Waals surface area (Å²) < 4.78 is 6.81. The number of hydrogen-bond donors (Lipinski definition) is 1. The Morgan fingerprint density at radius 2 is 2.16 bits per heavy atom. The fourth-order valence-corrected chi connectivity index (χ4v) is 1.87. The number of benzene rings is 1. The molecule has 0 amide bonds. The zero-order chi connectivity index (χ0) is 13.7. The summed E-state index contributed by atoms with van der Waals surface area (Å²) in [6, 6.07) is 6.19. The second kappa shape index (κ2) is 6.45. The average Bonchev–Trinajstić information content (AvgIpc) is 2.87. The van der Waals surface area contributed by atoms with Crippen LogP contribution in [0, 0.1) is 13.8 Å². The predicted octanol–water partition coefficient (Wildman–Crippen LogP) is 1.62. The van der Waals surface area contributed by atoms with E-state index < -0.39 is 0 Å². The van der Waals surface area contributed by atoms with Crippen LogP contribution in [0.5, 0.6) is 0 Å². The summed E-state index contributed by atoms with van der Waals surface area (Å²) in [7, 11) is 1.69. The Hall–Kier alpha value is -1.72. The Labute approximate surface area is 113 Å². The van der Waals surface area contributed by atoms with E-state index in [2.05, 4.69) is 41.6 Å². The molecule has 2 aromatic rings. The van der Waals surface area contributed by atoms with Crippen LogP contribution in [-0.2, 0) is 11.3 Å². The van der Waals surface area contributed by atoms with Crippen LogP contribution in [0.3, 0.4) is 0 Å². The standard InChI is InChI=1S/C14H20N4O/c1-11-5-4-6-14(12(11)2)18-10-13(16-17-18)9-15-7-8-19-3/h4-6,10,15H,7-9H2,1-3H3. The Balaban J connectivity index is 2.06. The third-order valence-corrected chi connectivity index (χ3v) is 3.15. The lowest BCUT2D eigenvalue weighted by Gasteiger charge is -2.07. The topological polar surface area (TPSA) is 52.0 Å². The quantitative estimate of drug-likeness (QED) is 0.802. The van der Waals surface area contributed by atoms with Crippen LogP contribution in [0.2, 0.25) is 0 Å². The zero-order valence-corrected chi connectivity index (χ0v) is 11.7. The van der Waals surface area contributed by atoms with E-state index in [1.54, 1.807) is 7.11 Å². The molecule has 0 atom stereocenters. The highest BCUT2D eigenvalue weighted by Crippen LogP contribution is 2.16. The third-order valence-electron chi connectivity index (χ3n) is 3.15. The number of ether oxygens (including phenoxy) is 1. The summed E-state index contributed by atoms with van der Waals surface area (Å²) >= 11 is 0. The smallest absolute Gasteiger partial charge is 0.0969 e. The van der Waals surface area contributed by atoms with E-state index >= 15 is 0 Å². The number of rotatable bonds is 6. The number of hydrogen-bond acceptors (Lipinski definition) is 4. The first kappa shape index (κ1) is 13.7. The van der Waals surface area contributed by atoms with Crippen LogP contribution in [-0.4, -0.2) is 35.3 Å². The van der Waals surface area contributed by atoms with Gasteiger partial charge in [-0.05, 0) is 31.0 Å². The van der Waals surface area contributed by atoms with E-state index in [0.29, 0.717) is 13.2 Å². The highest BCUT2D eigenvalue weighted by Gasteiger charge is 2.06. The second-order valence-corrected chi connectivity index (χ2v) is 4.54. The SMILES string of the molecule is COCCNCc1cn(-c2cccc(C)c2C)nn1. The van der Waals surface area contributed by atoms with Crippen LogP contribution in [0.15, 0.2) is 24.4 Å². The van der Waals surface area contributed by atoms with Gasteiger partial charge in [0.05, 0.1) is 24.2 Å². The molecule has 19 heavy (non-hydrogen) atoms. The van der Waals surface area contributed by atoms with Gasteiger partial charge in [-0.1, -0.05) is 17.3 Å². The van der Waals surface area contributed by atoms with Crippen molar-refractivity contribution in [2.24, 2.45) is 0 Å². The van der Waals surface area contributed by atoms with E-state index in [4.69, 9.17) is 4.74 Å². The summed E-state index contributed by atoms with van der Waals surface area (Å²) in [4.78, 5) is 0. The van der Waals surface area contributed by atoms with E-state index in [1.165, 1.54) is 11.1 Å². The van der Waals surface area contributed by atoms with Crippen LogP contribution in [0.1, 0.15) is 16.8 Å². The highest BCUT2D eigenvalue weighted by molar-refractivity contribution is 5.43. The average molecular weight is 260 g/mol. The van der Waals surface area contributed by atoms with Crippen molar-refractivity contribution in [1.29, 1.82) is 0 Å². The Morgan fingerprint density at radius 1 is 1.32 bits per heavy atom. The van der Waals surface area contributed by atoms with Gasteiger partial charge >= 0.3 is 0 Å². The number of nitrogens with one attached hydrogen (secondary N) is 1. The molecule has 5 heteroatoms. The monoisotopic (exact) mass is 260 g/mol. The molecule has 102 valence electrons. The van der Waals surface area contributed by atoms with Crippen molar-refractivity contribution in [3.63, 3.8) is 0 Å². The lowest BCUT2D eigenvalue weighted by Crippen LogP contribution is -2.18. The molecule has 1 N–H and O–H groups in total. The molecule has 0 unspecified atom stereocenters. The molecule has 0 aliphatic heterocycles. The largest absolute Gasteiger partial charge is 0.383 e. The maximum atomic E-state index is 4.98. The first-order valence-electron chi connectivity index (χ1n) is 6.40. The van der Waals surface area contributed by atoms with Crippen LogP contribution < -0.4 is 5.32 Å². The van der Waals surface area contributed by atoms with Gasteiger partial charge in [-0.2, -0.15) is 0 Å². The van der Waals surface area contributed by atoms with Gasteiger partial charge in [0.2, 0.25) is 0 Å². The van der Waals surface area contributed by atoms with Gasteiger partial charge < -0.3 is 10.1 Å². The molecule has 2 rings (SSSR count). The summed E-state index contributed by atoms with van der Waals surface area (Å²) in [6.07, 6.45) is 1.96. The van der Waals surface area contributed by atoms with Crippen molar-refractivity contribution >= 4 is 0 Å². The van der Waals surface area contributed by atoms with E-state index in [9.17, 15) is 0 Å². The fourth-order valence-electron chi connectivity index (χ4n) is 1.87. The first-order chi connectivity index (χ1) is 9.22. The lowest BCUT2D eigenvalue weighted by molar-refractivity contribution is 0.199. The molecule has 1 aromatic carbocycles. The molecule has 1 heterocycles. The van der Waals surface area contributed by atoms with Gasteiger partial charge in [0.1, 0.15) is 0 Å². The molecule has 0 radical (unpaired) electrons. The molecular weight excluding hydrogens is 240 g/mol. The Kier molecular flexibility index (Phi) is 4.65. The van der Waals surface area contributed by atoms with Crippen molar-refractivity contribution in [2.75, 3.05) is 20.3 Å². The van der Waals surface area contributed by atoms with Gasteiger partial charge in [-0.3, -0.25) is 0 Å². The maximum Gasteiger partial charge on any atom is 0.0969 e. The Bertz CT molecular complexity index is 536. The van der Waals surface area contributed by atoms with Crippen LogP contribution in [0.4, 0.5) is 0 Å². The minimum absolute atomic E-state index is 0.700. The van der Waals surface area contributed by atoms with Crippen molar-refractivity contribution in [1.82, 2.24) is 20.3 Å². The predicted molar refractivity (Wildman–Crippen MR) is 74.4 cm³/mol. The van der Waals surface area contributed by atoms with Crippen LogP contribution >= 0.6 is 0 Å². The van der Waals surface area contributed by atoms with E-state index in [1.807, 2.05) is 16.9 Å². The number of nitrogens with zero attached hydrogens (tertiary/aromatic N) is 3. The van der Waals surface area contributed by atoms with Crippen LogP contribution in [0.25, 0.3) is 5.69 Å². The molecule has 0 bridgehead atoms. The van der Waals surface area contributed by atoms with Gasteiger partial charge in [-0.15, -0.1) is 5.10 Å². The van der Waals surface area contributed by atoms with Gasteiger partial charge in [0.15, 0.2) is 0 Å². The molecule has 0 aliphatic carbocycles. The first-order valence-corrected chi connectivity index (χ1v) is 6.40. The molecule has 1 aromatic heterocycles. The van der Waals surface area contributed by atoms with Crippen molar-refractivity contribution in [2.45, 2.75) is 20.4 Å². The van der Waals surface area contributed by atoms with Gasteiger partial charge in [0.25, 0.3) is 0 Å². The van der Waals surface area contributed by atoms with Crippen molar-refractivity contribution in [3.05, 3.63) is 41.2 Å². The normalized spacial score (nSPS) is 10.9. The molecule has 0 saturated heterocycles. The second-order valence-electron chi connectivity index (χ2n) is 4.54. The minimum Gasteiger partial charge on any atom is -0.383 e. The lowest BCUT2D eigenvalue weighted by atomic mass is 10.1. The number of aromatic nitrogens is 3. The van der Waals surface area contributed by atoms with E-state index in [-0.39, 0.29) is 0 Å². The van der Waals surface area contributed by atoms with Crippen molar-refractivity contribution < 1.29 is 4.74 Å². The zero-order valence-electron chi connectivity index (χ0n) is 11.7. The molecule has 0 saturated carbocycles. The molecule has 0 spiro atoms. The Morgan fingerprint density at radius 3 is 2.95 bits per heavy atom. The number of methoxy groups -OCH3 is 1. The van der Waals surface area contributed by atoms with Gasteiger partial charge in [0, 0.05) is 20.2 Å². The summed E-state index contributed by atoms with van der Waals surface area (Å²) in [6.45, 7) is 6.41.